The highest BCUT2D eigenvalue weighted by Crippen LogP contribution is 2.24. The number of halogens is 2. The average Bonchev–Trinajstić information content (AvgIpc) is 2.08. The van der Waals surface area contributed by atoms with Gasteiger partial charge in [-0.05, 0) is 31.4 Å². The number of aryl methyl sites for hydroxylation is 1. The normalized spacial score (nSPS) is 12.9. The van der Waals surface area contributed by atoms with Crippen LogP contribution in [0.5, 0.6) is 5.75 Å². The van der Waals surface area contributed by atoms with E-state index in [9.17, 15) is 13.9 Å². The minimum Gasteiger partial charge on any atom is -0.505 e. The molecule has 0 spiro atoms. The first-order chi connectivity index (χ1) is 6.50. The highest BCUT2D eigenvalue weighted by atomic mass is 19.1. The number of aromatic hydroxyl groups is 1. The van der Waals surface area contributed by atoms with Crippen LogP contribution in [0.2, 0.25) is 0 Å². The summed E-state index contributed by atoms with van der Waals surface area (Å²) in [6.45, 7) is 1.58. The first-order valence-electron chi connectivity index (χ1n) is 4.35. The fourth-order valence-corrected chi connectivity index (χ4v) is 1.17. The van der Waals surface area contributed by atoms with Crippen molar-refractivity contribution in [1.29, 1.82) is 0 Å². The van der Waals surface area contributed by atoms with Crippen LogP contribution in [0.1, 0.15) is 18.9 Å². The van der Waals surface area contributed by atoms with Crippen molar-refractivity contribution in [2.75, 3.05) is 0 Å². The maximum atomic E-state index is 12.8. The zero-order valence-corrected chi connectivity index (χ0v) is 7.80. The van der Waals surface area contributed by atoms with Crippen molar-refractivity contribution in [1.82, 2.24) is 0 Å². The smallest absolute Gasteiger partial charge is 0.168 e. The molecule has 1 rings (SSSR count). The van der Waals surface area contributed by atoms with E-state index in [1.165, 1.54) is 0 Å². The summed E-state index contributed by atoms with van der Waals surface area (Å²) in [5.74, 6) is -2.22. The van der Waals surface area contributed by atoms with Crippen LogP contribution in [0.25, 0.3) is 0 Å². The fraction of sp³-hybridized carbons (Fsp3) is 0.400. The van der Waals surface area contributed by atoms with Gasteiger partial charge in [0, 0.05) is 6.07 Å². The van der Waals surface area contributed by atoms with Crippen molar-refractivity contribution in [3.63, 3.8) is 0 Å². The zero-order chi connectivity index (χ0) is 10.7. The lowest BCUT2D eigenvalue weighted by atomic mass is 10.1. The second kappa shape index (κ2) is 4.37. The minimum absolute atomic E-state index is 0.184. The molecule has 0 aromatic heterocycles. The number of hydrogen-bond acceptors (Lipinski definition) is 2. The molecule has 0 aliphatic heterocycles. The summed E-state index contributed by atoms with van der Waals surface area (Å²) in [4.78, 5) is 0. The number of benzene rings is 1. The predicted octanol–water partition coefficient (Wildman–Crippen LogP) is 1.98. The van der Waals surface area contributed by atoms with E-state index in [-0.39, 0.29) is 12.0 Å². The average molecular weight is 202 g/mol. The molecule has 0 saturated carbocycles. The molecule has 0 amide bonds. The van der Waals surface area contributed by atoms with Gasteiger partial charge in [0.05, 0.1) is 6.10 Å². The second-order valence-electron chi connectivity index (χ2n) is 3.28. The van der Waals surface area contributed by atoms with Gasteiger partial charge in [-0.2, -0.15) is 0 Å². The Balaban J connectivity index is 2.85. The molecule has 14 heavy (non-hydrogen) atoms. The third kappa shape index (κ3) is 2.67. The molecule has 0 heterocycles. The first-order valence-corrected chi connectivity index (χ1v) is 4.35. The van der Waals surface area contributed by atoms with Gasteiger partial charge in [0.15, 0.2) is 11.6 Å². The molecule has 0 saturated heterocycles. The van der Waals surface area contributed by atoms with Gasteiger partial charge in [0.1, 0.15) is 5.82 Å². The topological polar surface area (TPSA) is 40.5 Å². The fourth-order valence-electron chi connectivity index (χ4n) is 1.17. The molecule has 78 valence electrons. The van der Waals surface area contributed by atoms with Crippen molar-refractivity contribution in [3.8, 4) is 5.75 Å². The number of aliphatic hydroxyl groups excluding tert-OH is 1. The molecular formula is C10H12F2O2. The van der Waals surface area contributed by atoms with Crippen LogP contribution < -0.4 is 0 Å². The van der Waals surface area contributed by atoms with E-state index >= 15 is 0 Å². The molecule has 1 aromatic carbocycles. The number of phenols is 1. The van der Waals surface area contributed by atoms with Crippen LogP contribution >= 0.6 is 0 Å². The minimum atomic E-state index is -0.967. The summed E-state index contributed by atoms with van der Waals surface area (Å²) in [5, 5.41) is 18.2. The molecule has 0 aliphatic rings. The lowest BCUT2D eigenvalue weighted by Crippen LogP contribution is -2.02. The summed E-state index contributed by atoms with van der Waals surface area (Å²) >= 11 is 0. The molecule has 2 N–H and O–H groups in total. The van der Waals surface area contributed by atoms with E-state index in [2.05, 4.69) is 0 Å². The van der Waals surface area contributed by atoms with Crippen LogP contribution in [0.3, 0.4) is 0 Å². The van der Waals surface area contributed by atoms with Crippen molar-refractivity contribution >= 4 is 0 Å². The van der Waals surface area contributed by atoms with E-state index in [4.69, 9.17) is 5.11 Å². The standard InChI is InChI=1S/C10H12F2O2/c1-6(13)2-3-7-4-8(11)5-9(12)10(7)14/h4-6,13-14H,2-3H2,1H3. The maximum Gasteiger partial charge on any atom is 0.168 e. The first kappa shape index (κ1) is 10.9. The van der Waals surface area contributed by atoms with Crippen molar-refractivity contribution in [2.24, 2.45) is 0 Å². The Bertz CT molecular complexity index is 324. The van der Waals surface area contributed by atoms with E-state index < -0.39 is 23.5 Å². The summed E-state index contributed by atoms with van der Waals surface area (Å²) < 4.78 is 25.5. The Morgan fingerprint density at radius 2 is 2.00 bits per heavy atom. The lowest BCUT2D eigenvalue weighted by molar-refractivity contribution is 0.184. The summed E-state index contributed by atoms with van der Waals surface area (Å²) in [6.07, 6.45) is 0.0509. The van der Waals surface area contributed by atoms with E-state index in [1.54, 1.807) is 6.92 Å². The predicted molar refractivity (Wildman–Crippen MR) is 48.0 cm³/mol. The summed E-state index contributed by atoms with van der Waals surface area (Å²) in [6, 6.07) is 1.70. The zero-order valence-electron chi connectivity index (χ0n) is 7.80. The Kier molecular flexibility index (Phi) is 3.41. The molecular weight excluding hydrogens is 190 g/mol. The molecule has 4 heteroatoms. The highest BCUT2D eigenvalue weighted by molar-refractivity contribution is 5.34. The van der Waals surface area contributed by atoms with Crippen LogP contribution in [-0.2, 0) is 6.42 Å². The maximum absolute atomic E-state index is 12.8. The van der Waals surface area contributed by atoms with Gasteiger partial charge in [0.2, 0.25) is 0 Å². The van der Waals surface area contributed by atoms with E-state index in [0.29, 0.717) is 12.5 Å². The number of rotatable bonds is 3. The van der Waals surface area contributed by atoms with Crippen LogP contribution in [-0.4, -0.2) is 16.3 Å². The molecule has 1 atom stereocenters. The van der Waals surface area contributed by atoms with Gasteiger partial charge in [-0.25, -0.2) is 8.78 Å². The number of phenolic OH excluding ortho intramolecular Hbond substituents is 1. The van der Waals surface area contributed by atoms with E-state index in [1.807, 2.05) is 0 Å². The molecule has 0 fully saturated rings. The molecule has 1 aromatic rings. The van der Waals surface area contributed by atoms with Gasteiger partial charge in [0.25, 0.3) is 0 Å². The van der Waals surface area contributed by atoms with Crippen LogP contribution in [0, 0.1) is 11.6 Å². The molecule has 0 bridgehead atoms. The molecule has 0 aliphatic carbocycles. The largest absolute Gasteiger partial charge is 0.505 e. The summed E-state index contributed by atoms with van der Waals surface area (Å²) in [5.41, 5.74) is 0.184. The van der Waals surface area contributed by atoms with Gasteiger partial charge in [-0.15, -0.1) is 0 Å². The molecule has 2 nitrogen and oxygen atoms in total. The van der Waals surface area contributed by atoms with Crippen molar-refractivity contribution in [2.45, 2.75) is 25.9 Å². The van der Waals surface area contributed by atoms with Crippen molar-refractivity contribution < 1.29 is 19.0 Å². The Morgan fingerprint density at radius 1 is 1.36 bits per heavy atom. The molecule has 1 unspecified atom stereocenters. The van der Waals surface area contributed by atoms with Crippen LogP contribution in [0.4, 0.5) is 8.78 Å². The van der Waals surface area contributed by atoms with Gasteiger partial charge in [-0.1, -0.05) is 0 Å². The van der Waals surface area contributed by atoms with Gasteiger partial charge < -0.3 is 10.2 Å². The number of aliphatic hydroxyl groups is 1. The third-order valence-corrected chi connectivity index (χ3v) is 1.94. The quantitative estimate of drug-likeness (QED) is 0.786. The van der Waals surface area contributed by atoms with Crippen molar-refractivity contribution in [3.05, 3.63) is 29.3 Å². The second-order valence-corrected chi connectivity index (χ2v) is 3.28. The lowest BCUT2D eigenvalue weighted by Gasteiger charge is -2.07. The van der Waals surface area contributed by atoms with Gasteiger partial charge in [-0.3, -0.25) is 0 Å². The van der Waals surface area contributed by atoms with Gasteiger partial charge >= 0.3 is 0 Å². The summed E-state index contributed by atoms with van der Waals surface area (Å²) in [7, 11) is 0. The van der Waals surface area contributed by atoms with Crippen LogP contribution in [0.15, 0.2) is 12.1 Å². The monoisotopic (exact) mass is 202 g/mol. The molecule has 0 radical (unpaired) electrons. The third-order valence-electron chi connectivity index (χ3n) is 1.94. The Morgan fingerprint density at radius 3 is 2.57 bits per heavy atom. The Hall–Kier alpha value is -1.16. The number of hydrogen-bond donors (Lipinski definition) is 2. The SMILES string of the molecule is CC(O)CCc1cc(F)cc(F)c1O. The highest BCUT2D eigenvalue weighted by Gasteiger charge is 2.10. The Labute approximate surface area is 80.8 Å². The van der Waals surface area contributed by atoms with E-state index in [0.717, 1.165) is 6.07 Å².